The number of carbonyl (C=O) groups excluding carboxylic acids is 2. The molecule has 3 fully saturated rings. The van der Waals surface area contributed by atoms with Crippen molar-refractivity contribution in [3.05, 3.63) is 17.7 Å². The Morgan fingerprint density at radius 1 is 1.07 bits per heavy atom. The number of hydrogen-bond donors (Lipinski definition) is 2. The fourth-order valence-corrected chi connectivity index (χ4v) is 5.40. The molecule has 0 aromatic carbocycles. The molecule has 0 bridgehead atoms. The Kier molecular flexibility index (Phi) is 4.22. The van der Waals surface area contributed by atoms with Gasteiger partial charge >= 0.3 is 0 Å². The zero-order valence-electron chi connectivity index (χ0n) is 15.9. The lowest BCUT2D eigenvalue weighted by Crippen LogP contribution is -2.60. The highest BCUT2D eigenvalue weighted by molar-refractivity contribution is 5.81. The van der Waals surface area contributed by atoms with E-state index in [-0.39, 0.29) is 23.3 Å². The third-order valence-electron chi connectivity index (χ3n) is 7.29. The minimum Gasteiger partial charge on any atom is -0.348 e. The number of aromatic amines is 1. The van der Waals surface area contributed by atoms with Gasteiger partial charge in [-0.3, -0.25) is 9.59 Å². The molecule has 0 unspecified atom stereocenters. The smallest absolute Gasteiger partial charge is 0.227 e. The van der Waals surface area contributed by atoms with Crippen LogP contribution in [-0.4, -0.2) is 64.3 Å². The average molecular weight is 371 g/mol. The van der Waals surface area contributed by atoms with Gasteiger partial charge in [-0.15, -0.1) is 0 Å². The van der Waals surface area contributed by atoms with Crippen molar-refractivity contribution in [2.75, 3.05) is 32.7 Å². The highest BCUT2D eigenvalue weighted by atomic mass is 16.2. The number of likely N-dealkylation sites (tertiary alicyclic amines) is 1. The van der Waals surface area contributed by atoms with Crippen LogP contribution in [0.4, 0.5) is 0 Å². The van der Waals surface area contributed by atoms with E-state index in [0.29, 0.717) is 5.91 Å². The molecule has 1 aromatic rings. The van der Waals surface area contributed by atoms with Gasteiger partial charge in [-0.2, -0.15) is 0 Å². The highest BCUT2D eigenvalue weighted by Crippen LogP contribution is 2.44. The number of nitrogens with one attached hydrogen (secondary N) is 2. The van der Waals surface area contributed by atoms with Gasteiger partial charge < -0.3 is 20.1 Å². The van der Waals surface area contributed by atoms with Crippen LogP contribution < -0.4 is 5.32 Å². The third kappa shape index (κ3) is 2.70. The number of aromatic nitrogens is 2. The third-order valence-corrected chi connectivity index (χ3v) is 7.29. The molecule has 3 aliphatic heterocycles. The van der Waals surface area contributed by atoms with Crippen LogP contribution in [-0.2, 0) is 21.5 Å². The number of H-pyrrole nitrogens is 1. The molecular formula is C20H29N5O2. The Morgan fingerprint density at radius 2 is 1.89 bits per heavy atom. The number of carbonyl (C=O) groups is 2. The molecule has 2 saturated heterocycles. The van der Waals surface area contributed by atoms with E-state index >= 15 is 0 Å². The molecule has 4 aliphatic rings. The number of amides is 2. The second-order valence-corrected chi connectivity index (χ2v) is 8.64. The molecule has 5 rings (SSSR count). The van der Waals surface area contributed by atoms with Crippen molar-refractivity contribution in [1.29, 1.82) is 0 Å². The standard InChI is InChI=1S/C20H29N5O2/c26-18(15-4-8-21-12-15)24-10-6-20(7-11-24)17-16(22-13-23-17)5-9-25(20)19(27)14-2-1-3-14/h13-15,21H,1-12H2,(H,22,23)/t15-/m1/s1. The minimum absolute atomic E-state index is 0.124. The summed E-state index contributed by atoms with van der Waals surface area (Å²) in [6.45, 7) is 3.95. The summed E-state index contributed by atoms with van der Waals surface area (Å²) in [4.78, 5) is 38.1. The molecule has 1 atom stereocenters. The van der Waals surface area contributed by atoms with Gasteiger partial charge in [0.15, 0.2) is 0 Å². The number of piperidine rings is 1. The molecule has 0 radical (unpaired) electrons. The predicted octanol–water partition coefficient (Wildman–Crippen LogP) is 1.02. The maximum atomic E-state index is 13.2. The van der Waals surface area contributed by atoms with Crippen molar-refractivity contribution >= 4 is 11.8 Å². The molecule has 2 amide bonds. The molecule has 7 heteroatoms. The molecule has 27 heavy (non-hydrogen) atoms. The van der Waals surface area contributed by atoms with Crippen LogP contribution in [0.3, 0.4) is 0 Å². The molecule has 1 aliphatic carbocycles. The SMILES string of the molecule is O=C([C@@H]1CCNC1)N1CCC2(CC1)c1nc[nH]c1CCN2C(=O)C1CCC1. The van der Waals surface area contributed by atoms with E-state index in [0.717, 1.165) is 76.9 Å². The van der Waals surface area contributed by atoms with E-state index in [2.05, 4.69) is 20.2 Å². The summed E-state index contributed by atoms with van der Waals surface area (Å²) in [5.41, 5.74) is 1.90. The Balaban J connectivity index is 1.38. The Morgan fingerprint density at radius 3 is 2.56 bits per heavy atom. The lowest BCUT2D eigenvalue weighted by Gasteiger charge is -2.52. The van der Waals surface area contributed by atoms with Crippen LogP contribution in [0.2, 0.25) is 0 Å². The van der Waals surface area contributed by atoms with E-state index < -0.39 is 0 Å². The predicted molar refractivity (Wildman–Crippen MR) is 99.8 cm³/mol. The Bertz CT molecular complexity index is 726. The van der Waals surface area contributed by atoms with Crippen molar-refractivity contribution in [1.82, 2.24) is 25.1 Å². The average Bonchev–Trinajstić information content (AvgIpc) is 3.33. The van der Waals surface area contributed by atoms with Crippen molar-refractivity contribution in [2.45, 2.75) is 50.5 Å². The Labute approximate surface area is 159 Å². The molecule has 2 N–H and O–H groups in total. The zero-order valence-corrected chi connectivity index (χ0v) is 15.9. The van der Waals surface area contributed by atoms with E-state index in [9.17, 15) is 9.59 Å². The summed E-state index contributed by atoms with van der Waals surface area (Å²) in [6, 6.07) is 0. The lowest BCUT2D eigenvalue weighted by atomic mass is 9.76. The van der Waals surface area contributed by atoms with Crippen LogP contribution in [0.5, 0.6) is 0 Å². The largest absolute Gasteiger partial charge is 0.348 e. The van der Waals surface area contributed by atoms with Crippen molar-refractivity contribution < 1.29 is 9.59 Å². The second kappa shape index (κ2) is 6.62. The molecule has 4 heterocycles. The van der Waals surface area contributed by atoms with Gasteiger partial charge in [0.1, 0.15) is 0 Å². The first kappa shape index (κ1) is 17.2. The number of fused-ring (bicyclic) bond motifs is 2. The number of imidazole rings is 1. The summed E-state index contributed by atoms with van der Waals surface area (Å²) < 4.78 is 0. The number of hydrogen-bond acceptors (Lipinski definition) is 4. The maximum Gasteiger partial charge on any atom is 0.227 e. The van der Waals surface area contributed by atoms with Gasteiger partial charge in [0.2, 0.25) is 11.8 Å². The van der Waals surface area contributed by atoms with Crippen LogP contribution in [0.25, 0.3) is 0 Å². The quantitative estimate of drug-likeness (QED) is 0.813. The Hall–Kier alpha value is -1.89. The van der Waals surface area contributed by atoms with E-state index in [1.807, 2.05) is 4.90 Å². The topological polar surface area (TPSA) is 81.3 Å². The molecule has 1 saturated carbocycles. The van der Waals surface area contributed by atoms with E-state index in [1.54, 1.807) is 6.33 Å². The van der Waals surface area contributed by atoms with Gasteiger partial charge in [-0.1, -0.05) is 6.42 Å². The molecular weight excluding hydrogens is 342 g/mol. The lowest BCUT2D eigenvalue weighted by molar-refractivity contribution is -0.151. The van der Waals surface area contributed by atoms with Crippen molar-refractivity contribution in [3.8, 4) is 0 Å². The first-order chi connectivity index (χ1) is 13.2. The molecule has 1 aromatic heterocycles. The van der Waals surface area contributed by atoms with Crippen molar-refractivity contribution in [2.24, 2.45) is 11.8 Å². The summed E-state index contributed by atoms with van der Waals surface area (Å²) in [5, 5.41) is 3.29. The number of nitrogens with zero attached hydrogens (tertiary/aromatic N) is 3. The van der Waals surface area contributed by atoms with E-state index in [4.69, 9.17) is 0 Å². The summed E-state index contributed by atoms with van der Waals surface area (Å²) >= 11 is 0. The zero-order chi connectivity index (χ0) is 18.4. The van der Waals surface area contributed by atoms with Gasteiger partial charge in [0.25, 0.3) is 0 Å². The second-order valence-electron chi connectivity index (χ2n) is 8.64. The highest BCUT2D eigenvalue weighted by Gasteiger charge is 2.50. The van der Waals surface area contributed by atoms with Crippen LogP contribution in [0.15, 0.2) is 6.33 Å². The van der Waals surface area contributed by atoms with Gasteiger partial charge in [0.05, 0.1) is 23.5 Å². The molecule has 146 valence electrons. The summed E-state index contributed by atoms with van der Waals surface area (Å²) in [5.74, 6) is 0.921. The first-order valence-corrected chi connectivity index (χ1v) is 10.5. The maximum absolute atomic E-state index is 13.2. The minimum atomic E-state index is -0.328. The molecule has 7 nitrogen and oxygen atoms in total. The first-order valence-electron chi connectivity index (χ1n) is 10.5. The fourth-order valence-electron chi connectivity index (χ4n) is 5.40. The van der Waals surface area contributed by atoms with Crippen molar-refractivity contribution in [3.63, 3.8) is 0 Å². The van der Waals surface area contributed by atoms with Crippen LogP contribution in [0, 0.1) is 11.8 Å². The van der Waals surface area contributed by atoms with Gasteiger partial charge in [0, 0.05) is 44.2 Å². The summed E-state index contributed by atoms with van der Waals surface area (Å²) in [6.07, 6.45) is 8.39. The van der Waals surface area contributed by atoms with E-state index in [1.165, 1.54) is 12.1 Å². The molecule has 1 spiro atoms. The number of rotatable bonds is 2. The summed E-state index contributed by atoms with van der Waals surface area (Å²) in [7, 11) is 0. The van der Waals surface area contributed by atoms with Crippen LogP contribution >= 0.6 is 0 Å². The van der Waals surface area contributed by atoms with Crippen LogP contribution in [0.1, 0.15) is 49.9 Å². The van der Waals surface area contributed by atoms with Gasteiger partial charge in [-0.25, -0.2) is 4.98 Å². The van der Waals surface area contributed by atoms with Gasteiger partial charge in [-0.05, 0) is 38.6 Å². The normalized spacial score (nSPS) is 27.5. The fraction of sp³-hybridized carbons (Fsp3) is 0.750. The monoisotopic (exact) mass is 371 g/mol.